The number of halogens is 1. The number of thiophene rings is 1. The Kier molecular flexibility index (Phi) is 3.66. The van der Waals surface area contributed by atoms with Crippen LogP contribution in [0.4, 0.5) is 10.1 Å². The van der Waals surface area contributed by atoms with Crippen LogP contribution in [0.1, 0.15) is 32.5 Å². The fraction of sp³-hybridized carbons (Fsp3) is 0.267. The molecule has 0 spiro atoms. The number of carbonyl (C=O) groups is 1. The van der Waals surface area contributed by atoms with E-state index in [4.69, 9.17) is 0 Å². The molecule has 0 aliphatic heterocycles. The maximum atomic E-state index is 13.2. The lowest BCUT2D eigenvalue weighted by Crippen LogP contribution is -2.25. The van der Waals surface area contributed by atoms with Crippen LogP contribution in [-0.4, -0.2) is 16.9 Å². The Morgan fingerprint density at radius 3 is 2.86 bits per heavy atom. The minimum absolute atomic E-state index is 0.0346. The second-order valence-corrected chi connectivity index (χ2v) is 6.54. The van der Waals surface area contributed by atoms with E-state index < -0.39 is 4.92 Å². The highest BCUT2D eigenvalue weighted by molar-refractivity contribution is 7.14. The van der Waals surface area contributed by atoms with Gasteiger partial charge in [0.2, 0.25) is 0 Å². The largest absolute Gasteiger partial charge is 0.348 e. The van der Waals surface area contributed by atoms with Crippen LogP contribution in [0.5, 0.6) is 0 Å². The van der Waals surface area contributed by atoms with Crippen molar-refractivity contribution >= 4 is 22.9 Å². The third-order valence-electron chi connectivity index (χ3n) is 3.70. The average Bonchev–Trinajstić information content (AvgIpc) is 3.10. The van der Waals surface area contributed by atoms with Crippen molar-refractivity contribution in [1.82, 2.24) is 5.32 Å². The number of benzene rings is 1. The SMILES string of the molecule is Cc1sc(C(=O)N[C@H]2C[C@H]2c2cccc(F)c2)cc1[N+](=O)[O-]. The summed E-state index contributed by atoms with van der Waals surface area (Å²) < 4.78 is 13.2. The van der Waals surface area contributed by atoms with Gasteiger partial charge in [-0.3, -0.25) is 14.9 Å². The predicted molar refractivity (Wildman–Crippen MR) is 80.7 cm³/mol. The summed E-state index contributed by atoms with van der Waals surface area (Å²) in [5, 5.41) is 13.7. The van der Waals surface area contributed by atoms with Gasteiger partial charge in [0.15, 0.2) is 0 Å². The van der Waals surface area contributed by atoms with Crippen molar-refractivity contribution < 1.29 is 14.1 Å². The van der Waals surface area contributed by atoms with Gasteiger partial charge in [-0.05, 0) is 31.0 Å². The third kappa shape index (κ3) is 2.85. The molecule has 0 radical (unpaired) electrons. The van der Waals surface area contributed by atoms with Crippen molar-refractivity contribution in [2.45, 2.75) is 25.3 Å². The number of hydrogen-bond donors (Lipinski definition) is 1. The molecule has 22 heavy (non-hydrogen) atoms. The Morgan fingerprint density at radius 2 is 2.23 bits per heavy atom. The van der Waals surface area contributed by atoms with Gasteiger partial charge in [-0.2, -0.15) is 0 Å². The second-order valence-electron chi connectivity index (χ2n) is 5.29. The van der Waals surface area contributed by atoms with Crippen LogP contribution in [-0.2, 0) is 0 Å². The third-order valence-corrected chi connectivity index (χ3v) is 4.73. The highest BCUT2D eigenvalue weighted by Gasteiger charge is 2.40. The fourth-order valence-electron chi connectivity index (χ4n) is 2.47. The summed E-state index contributed by atoms with van der Waals surface area (Å²) in [7, 11) is 0. The van der Waals surface area contributed by atoms with Crippen molar-refractivity contribution in [3.8, 4) is 0 Å². The molecule has 7 heteroatoms. The van der Waals surface area contributed by atoms with Crippen molar-refractivity contribution in [2.75, 3.05) is 0 Å². The summed E-state index contributed by atoms with van der Waals surface area (Å²) in [5.74, 6) is -0.500. The van der Waals surface area contributed by atoms with Crippen LogP contribution in [0.25, 0.3) is 0 Å². The lowest BCUT2D eigenvalue weighted by molar-refractivity contribution is -0.385. The van der Waals surface area contributed by atoms with Gasteiger partial charge in [0.1, 0.15) is 5.82 Å². The van der Waals surface area contributed by atoms with Gasteiger partial charge in [0.25, 0.3) is 11.6 Å². The van der Waals surface area contributed by atoms with E-state index in [1.807, 2.05) is 6.07 Å². The molecule has 1 N–H and O–H groups in total. The second kappa shape index (κ2) is 5.49. The minimum Gasteiger partial charge on any atom is -0.348 e. The van der Waals surface area contributed by atoms with Crippen LogP contribution < -0.4 is 5.32 Å². The molecule has 1 aromatic heterocycles. The Labute approximate surface area is 129 Å². The average molecular weight is 320 g/mol. The van der Waals surface area contributed by atoms with Crippen molar-refractivity contribution in [2.24, 2.45) is 0 Å². The van der Waals surface area contributed by atoms with Crippen LogP contribution in [0.2, 0.25) is 0 Å². The molecule has 5 nitrogen and oxygen atoms in total. The molecular formula is C15H13FN2O3S. The van der Waals surface area contributed by atoms with E-state index in [1.54, 1.807) is 13.0 Å². The number of amides is 1. The van der Waals surface area contributed by atoms with Gasteiger partial charge in [-0.15, -0.1) is 11.3 Å². The van der Waals surface area contributed by atoms with Crippen LogP contribution >= 0.6 is 11.3 Å². The summed E-state index contributed by atoms with van der Waals surface area (Å²) in [4.78, 5) is 23.3. The van der Waals surface area contributed by atoms with E-state index in [2.05, 4.69) is 5.32 Å². The number of aryl methyl sites for hydroxylation is 1. The molecule has 2 atom stereocenters. The molecule has 0 unspecified atom stereocenters. The molecule has 3 rings (SSSR count). The summed E-state index contributed by atoms with van der Waals surface area (Å²) in [6.45, 7) is 1.62. The predicted octanol–water partition coefficient (Wildman–Crippen LogP) is 3.39. The van der Waals surface area contributed by atoms with Crippen LogP contribution in [0, 0.1) is 22.9 Å². The van der Waals surface area contributed by atoms with E-state index >= 15 is 0 Å². The number of rotatable bonds is 4. The van der Waals surface area contributed by atoms with E-state index in [-0.39, 0.29) is 29.4 Å². The summed E-state index contributed by atoms with van der Waals surface area (Å²) in [6.07, 6.45) is 0.752. The lowest BCUT2D eigenvalue weighted by Gasteiger charge is -2.03. The molecule has 1 aromatic carbocycles. The van der Waals surface area contributed by atoms with Crippen molar-refractivity contribution in [3.63, 3.8) is 0 Å². The number of nitrogens with one attached hydrogen (secondary N) is 1. The number of carbonyl (C=O) groups excluding carboxylic acids is 1. The highest BCUT2D eigenvalue weighted by Crippen LogP contribution is 2.41. The first-order valence-corrected chi connectivity index (χ1v) is 7.58. The van der Waals surface area contributed by atoms with Gasteiger partial charge in [0, 0.05) is 18.0 Å². The van der Waals surface area contributed by atoms with Crippen molar-refractivity contribution in [3.05, 3.63) is 61.6 Å². The lowest BCUT2D eigenvalue weighted by atomic mass is 10.1. The summed E-state index contributed by atoms with van der Waals surface area (Å²) >= 11 is 1.11. The summed E-state index contributed by atoms with van der Waals surface area (Å²) in [5.41, 5.74) is 0.825. The Hall–Kier alpha value is -2.28. The fourth-order valence-corrected chi connectivity index (χ4v) is 3.36. The number of hydrogen-bond acceptors (Lipinski definition) is 4. The van der Waals surface area contributed by atoms with Crippen molar-refractivity contribution in [1.29, 1.82) is 0 Å². The first-order chi connectivity index (χ1) is 10.5. The molecule has 1 heterocycles. The quantitative estimate of drug-likeness (QED) is 0.693. The van der Waals surface area contributed by atoms with Gasteiger partial charge in [-0.1, -0.05) is 12.1 Å². The molecule has 0 saturated heterocycles. The zero-order valence-electron chi connectivity index (χ0n) is 11.7. The number of nitrogens with zero attached hydrogens (tertiary/aromatic N) is 1. The first-order valence-electron chi connectivity index (χ1n) is 6.77. The zero-order chi connectivity index (χ0) is 15.9. The molecule has 1 fully saturated rings. The van der Waals surface area contributed by atoms with Gasteiger partial charge in [0.05, 0.1) is 14.7 Å². The van der Waals surface area contributed by atoms with Crippen LogP contribution in [0.3, 0.4) is 0 Å². The topological polar surface area (TPSA) is 72.2 Å². The molecular weight excluding hydrogens is 307 g/mol. The van der Waals surface area contributed by atoms with Crippen LogP contribution in [0.15, 0.2) is 30.3 Å². The molecule has 1 aliphatic carbocycles. The van der Waals surface area contributed by atoms with Gasteiger partial charge < -0.3 is 5.32 Å². The molecule has 1 saturated carbocycles. The maximum Gasteiger partial charge on any atom is 0.283 e. The van der Waals surface area contributed by atoms with E-state index in [0.29, 0.717) is 9.75 Å². The maximum absolute atomic E-state index is 13.2. The minimum atomic E-state index is -0.491. The standard InChI is InChI=1S/C15H13FN2O3S/c1-8-13(18(20)21)7-14(22-8)15(19)17-12-6-11(12)9-3-2-4-10(16)5-9/h2-5,7,11-12H,6H2,1H3,(H,17,19)/t11-,12-/m0/s1. The van der Waals surface area contributed by atoms with E-state index in [1.165, 1.54) is 18.2 Å². The van der Waals surface area contributed by atoms with E-state index in [0.717, 1.165) is 23.3 Å². The smallest absolute Gasteiger partial charge is 0.283 e. The highest BCUT2D eigenvalue weighted by atomic mass is 32.1. The molecule has 0 bridgehead atoms. The molecule has 2 aromatic rings. The zero-order valence-corrected chi connectivity index (χ0v) is 12.5. The molecule has 114 valence electrons. The molecule has 1 amide bonds. The molecule has 1 aliphatic rings. The Bertz CT molecular complexity index is 759. The number of nitro groups is 1. The monoisotopic (exact) mass is 320 g/mol. The first kappa shape index (κ1) is 14.6. The summed E-state index contributed by atoms with van der Waals surface area (Å²) in [6, 6.07) is 7.59. The van der Waals surface area contributed by atoms with Gasteiger partial charge >= 0.3 is 0 Å². The normalized spacial score (nSPS) is 19.7. The van der Waals surface area contributed by atoms with E-state index in [9.17, 15) is 19.3 Å². The van der Waals surface area contributed by atoms with Gasteiger partial charge in [-0.25, -0.2) is 4.39 Å². The Morgan fingerprint density at radius 1 is 1.45 bits per heavy atom. The Balaban J connectivity index is 1.66.